The van der Waals surface area contributed by atoms with Crippen LogP contribution in [0.4, 0.5) is 0 Å². The van der Waals surface area contributed by atoms with Crippen LogP contribution in [0.15, 0.2) is 17.8 Å². The van der Waals surface area contributed by atoms with Gasteiger partial charge in [-0.1, -0.05) is 0 Å². The zero-order valence-electron chi connectivity index (χ0n) is 8.93. The van der Waals surface area contributed by atoms with Crippen molar-refractivity contribution in [3.8, 4) is 0 Å². The second-order valence-corrected chi connectivity index (χ2v) is 5.35. The molecular weight excluding hydrogens is 226 g/mol. The second kappa shape index (κ2) is 5.01. The predicted molar refractivity (Wildman–Crippen MR) is 67.8 cm³/mol. The van der Waals surface area contributed by atoms with Gasteiger partial charge >= 0.3 is 0 Å². The molecule has 1 atom stereocenters. The first-order valence-corrected chi connectivity index (χ1v) is 7.20. The van der Waals surface area contributed by atoms with E-state index in [0.29, 0.717) is 6.04 Å². The van der Waals surface area contributed by atoms with Gasteiger partial charge in [0.1, 0.15) is 0 Å². The van der Waals surface area contributed by atoms with Crippen LogP contribution in [0, 0.1) is 0 Å². The molecule has 5 heteroatoms. The Kier molecular flexibility index (Phi) is 3.66. The van der Waals surface area contributed by atoms with Gasteiger partial charge in [0.2, 0.25) is 0 Å². The maximum atomic E-state index is 4.52. The molecule has 0 aromatic carbocycles. The lowest BCUT2D eigenvalue weighted by atomic mass is 10.3. The van der Waals surface area contributed by atoms with Crippen LogP contribution in [-0.2, 0) is 6.54 Å². The molecule has 0 saturated heterocycles. The maximum Gasteiger partial charge on any atom is 0.193 e. The third-order valence-electron chi connectivity index (χ3n) is 2.19. The SMILES string of the molecule is CSCC(C)NCc1cn2ccsc2n1. The third-order valence-corrected chi connectivity index (χ3v) is 3.80. The smallest absolute Gasteiger partial charge is 0.193 e. The molecule has 0 spiro atoms. The fourth-order valence-electron chi connectivity index (χ4n) is 1.45. The molecule has 0 radical (unpaired) electrons. The molecule has 1 N–H and O–H groups in total. The lowest BCUT2D eigenvalue weighted by Crippen LogP contribution is -2.27. The largest absolute Gasteiger partial charge is 0.308 e. The van der Waals surface area contributed by atoms with Crippen molar-refractivity contribution in [2.75, 3.05) is 12.0 Å². The third kappa shape index (κ3) is 2.74. The zero-order chi connectivity index (χ0) is 10.7. The number of thioether (sulfide) groups is 1. The predicted octanol–water partition coefficient (Wildman–Crippen LogP) is 2.24. The molecule has 2 aromatic rings. The zero-order valence-corrected chi connectivity index (χ0v) is 10.6. The molecular formula is C10H15N3S2. The van der Waals surface area contributed by atoms with Gasteiger partial charge in [0, 0.05) is 36.1 Å². The Morgan fingerprint density at radius 1 is 1.67 bits per heavy atom. The lowest BCUT2D eigenvalue weighted by Gasteiger charge is -2.10. The quantitative estimate of drug-likeness (QED) is 0.870. The average molecular weight is 241 g/mol. The van der Waals surface area contributed by atoms with E-state index in [4.69, 9.17) is 0 Å². The van der Waals surface area contributed by atoms with Gasteiger partial charge < -0.3 is 5.32 Å². The minimum atomic E-state index is 0.541. The minimum absolute atomic E-state index is 0.541. The minimum Gasteiger partial charge on any atom is -0.308 e. The van der Waals surface area contributed by atoms with E-state index in [0.717, 1.165) is 23.0 Å². The first kappa shape index (κ1) is 11.0. The summed E-state index contributed by atoms with van der Waals surface area (Å²) >= 11 is 3.54. The van der Waals surface area contributed by atoms with Crippen molar-refractivity contribution in [3.05, 3.63) is 23.5 Å². The summed E-state index contributed by atoms with van der Waals surface area (Å²) in [6.07, 6.45) is 6.26. The van der Waals surface area contributed by atoms with E-state index in [1.54, 1.807) is 11.3 Å². The van der Waals surface area contributed by atoms with E-state index in [2.05, 4.69) is 39.5 Å². The van der Waals surface area contributed by atoms with Crippen LogP contribution in [0.2, 0.25) is 0 Å². The number of hydrogen-bond acceptors (Lipinski definition) is 4. The highest BCUT2D eigenvalue weighted by Gasteiger charge is 2.04. The lowest BCUT2D eigenvalue weighted by molar-refractivity contribution is 0.590. The normalized spacial score (nSPS) is 13.5. The Labute approximate surface area is 97.9 Å². The van der Waals surface area contributed by atoms with Crippen LogP contribution in [0.1, 0.15) is 12.6 Å². The number of aromatic nitrogens is 2. The summed E-state index contributed by atoms with van der Waals surface area (Å²) in [5.41, 5.74) is 1.12. The van der Waals surface area contributed by atoms with Crippen LogP contribution in [0.3, 0.4) is 0 Å². The monoisotopic (exact) mass is 241 g/mol. The van der Waals surface area contributed by atoms with Crippen molar-refractivity contribution in [2.24, 2.45) is 0 Å². The Hall–Kier alpha value is -0.520. The average Bonchev–Trinajstić information content (AvgIpc) is 2.74. The molecule has 3 nitrogen and oxygen atoms in total. The van der Waals surface area contributed by atoms with Crippen LogP contribution in [0.5, 0.6) is 0 Å². The molecule has 15 heavy (non-hydrogen) atoms. The topological polar surface area (TPSA) is 29.3 Å². The molecule has 2 heterocycles. The molecule has 82 valence electrons. The van der Waals surface area contributed by atoms with Gasteiger partial charge in [0.25, 0.3) is 0 Å². The number of rotatable bonds is 5. The summed E-state index contributed by atoms with van der Waals surface area (Å²) in [7, 11) is 0. The number of fused-ring (bicyclic) bond motifs is 1. The molecule has 0 bridgehead atoms. The molecule has 0 aliphatic carbocycles. The van der Waals surface area contributed by atoms with Gasteiger partial charge in [-0.05, 0) is 13.2 Å². The Bertz CT molecular complexity index is 392. The number of nitrogens with one attached hydrogen (secondary N) is 1. The Balaban J connectivity index is 1.92. The van der Waals surface area contributed by atoms with E-state index >= 15 is 0 Å². The van der Waals surface area contributed by atoms with Crippen LogP contribution in [0.25, 0.3) is 4.96 Å². The Morgan fingerprint density at radius 2 is 2.53 bits per heavy atom. The van der Waals surface area contributed by atoms with Crippen molar-refractivity contribution in [3.63, 3.8) is 0 Å². The molecule has 0 aliphatic heterocycles. The highest BCUT2D eigenvalue weighted by atomic mass is 32.2. The Morgan fingerprint density at radius 3 is 3.27 bits per heavy atom. The first-order valence-electron chi connectivity index (χ1n) is 4.93. The van der Waals surface area contributed by atoms with E-state index in [1.165, 1.54) is 0 Å². The summed E-state index contributed by atoms with van der Waals surface area (Å²) < 4.78 is 2.07. The fourth-order valence-corrected chi connectivity index (χ4v) is 2.79. The summed E-state index contributed by atoms with van der Waals surface area (Å²) in [6.45, 7) is 3.06. The molecule has 0 amide bonds. The number of hydrogen-bond donors (Lipinski definition) is 1. The van der Waals surface area contributed by atoms with Gasteiger partial charge in [0.05, 0.1) is 5.69 Å². The fraction of sp³-hybridized carbons (Fsp3) is 0.500. The summed E-state index contributed by atoms with van der Waals surface area (Å²) in [5.74, 6) is 1.14. The molecule has 2 rings (SSSR count). The number of imidazole rings is 1. The maximum absolute atomic E-state index is 4.52. The van der Waals surface area contributed by atoms with Crippen molar-refractivity contribution in [1.29, 1.82) is 0 Å². The van der Waals surface area contributed by atoms with Crippen molar-refractivity contribution < 1.29 is 0 Å². The van der Waals surface area contributed by atoms with Gasteiger partial charge in [-0.15, -0.1) is 11.3 Å². The van der Waals surface area contributed by atoms with Crippen LogP contribution in [-0.4, -0.2) is 27.4 Å². The van der Waals surface area contributed by atoms with E-state index in [9.17, 15) is 0 Å². The molecule has 2 aromatic heterocycles. The molecule has 0 saturated carbocycles. The highest BCUT2D eigenvalue weighted by Crippen LogP contribution is 2.11. The second-order valence-electron chi connectivity index (χ2n) is 3.56. The number of thiazole rings is 1. The van der Waals surface area contributed by atoms with Crippen molar-refractivity contribution >= 4 is 28.1 Å². The number of nitrogens with zero attached hydrogens (tertiary/aromatic N) is 2. The van der Waals surface area contributed by atoms with Gasteiger partial charge in [-0.2, -0.15) is 11.8 Å². The molecule has 1 unspecified atom stereocenters. The molecule has 0 fully saturated rings. The first-order chi connectivity index (χ1) is 7.29. The van der Waals surface area contributed by atoms with E-state index < -0.39 is 0 Å². The summed E-state index contributed by atoms with van der Waals surface area (Å²) in [4.78, 5) is 5.59. The van der Waals surface area contributed by atoms with E-state index in [-0.39, 0.29) is 0 Å². The van der Waals surface area contributed by atoms with Crippen LogP contribution < -0.4 is 5.32 Å². The van der Waals surface area contributed by atoms with E-state index in [1.807, 2.05) is 18.0 Å². The summed E-state index contributed by atoms with van der Waals surface area (Å²) in [6, 6.07) is 0.541. The highest BCUT2D eigenvalue weighted by molar-refractivity contribution is 7.98. The van der Waals surface area contributed by atoms with Gasteiger partial charge in [-0.3, -0.25) is 4.40 Å². The standard InChI is InChI=1S/C10H15N3S2/c1-8(7-14-2)11-5-9-6-13-3-4-15-10(13)12-9/h3-4,6,8,11H,5,7H2,1-2H3. The van der Waals surface area contributed by atoms with Gasteiger partial charge in [0.15, 0.2) is 4.96 Å². The van der Waals surface area contributed by atoms with Gasteiger partial charge in [-0.25, -0.2) is 4.98 Å². The molecule has 0 aliphatic rings. The summed E-state index contributed by atoms with van der Waals surface area (Å²) in [5, 5.41) is 5.51. The van der Waals surface area contributed by atoms with Crippen molar-refractivity contribution in [2.45, 2.75) is 19.5 Å². The van der Waals surface area contributed by atoms with Crippen LogP contribution >= 0.6 is 23.1 Å². The van der Waals surface area contributed by atoms with Crippen molar-refractivity contribution in [1.82, 2.24) is 14.7 Å².